The molecule has 1 aliphatic heterocycles. The maximum Gasteiger partial charge on any atom is 0.164 e. The zero-order valence-corrected chi connectivity index (χ0v) is 15.6. The second-order valence-corrected chi connectivity index (χ2v) is 7.33. The van der Waals surface area contributed by atoms with Gasteiger partial charge in [-0.3, -0.25) is 0 Å². The first-order chi connectivity index (χ1) is 12.2. The standard InChI is InChI=1S/C18H19BrN6/c1-2-25-5-3-12(4-6-25)23-17-14(8-20)21-10-15-16(17)13-7-11(19)9-22-18(13)24-15/h7,9-10,12,23H,2-6H2,1H3,(H,22,24). The smallest absolute Gasteiger partial charge is 0.164 e. The van der Waals surface area contributed by atoms with Gasteiger partial charge in [-0.2, -0.15) is 5.26 Å². The van der Waals surface area contributed by atoms with Crippen molar-refractivity contribution in [2.75, 3.05) is 25.0 Å². The quantitative estimate of drug-likeness (QED) is 0.703. The summed E-state index contributed by atoms with van der Waals surface area (Å²) in [7, 11) is 0. The predicted octanol–water partition coefficient (Wildman–Crippen LogP) is 3.64. The fraction of sp³-hybridized carbons (Fsp3) is 0.389. The molecule has 1 aliphatic rings. The number of H-pyrrole nitrogens is 1. The maximum atomic E-state index is 9.56. The number of nitriles is 1. The van der Waals surface area contributed by atoms with Gasteiger partial charge in [0.25, 0.3) is 0 Å². The van der Waals surface area contributed by atoms with Crippen LogP contribution in [-0.4, -0.2) is 45.5 Å². The number of aromatic amines is 1. The van der Waals surface area contributed by atoms with E-state index in [4.69, 9.17) is 0 Å². The molecule has 4 heterocycles. The number of nitrogens with one attached hydrogen (secondary N) is 2. The highest BCUT2D eigenvalue weighted by molar-refractivity contribution is 9.10. The van der Waals surface area contributed by atoms with Gasteiger partial charge in [0.1, 0.15) is 11.7 Å². The molecular formula is C18H19BrN6. The molecular weight excluding hydrogens is 380 g/mol. The number of pyridine rings is 2. The van der Waals surface area contributed by atoms with Crippen LogP contribution in [-0.2, 0) is 0 Å². The minimum absolute atomic E-state index is 0.354. The summed E-state index contributed by atoms with van der Waals surface area (Å²) in [5.41, 5.74) is 2.96. The molecule has 3 aromatic heterocycles. The third-order valence-corrected chi connectivity index (χ3v) is 5.38. The number of rotatable bonds is 3. The fourth-order valence-electron chi connectivity index (χ4n) is 3.57. The van der Waals surface area contributed by atoms with Gasteiger partial charge in [0.2, 0.25) is 0 Å². The van der Waals surface area contributed by atoms with Crippen LogP contribution in [0.4, 0.5) is 5.69 Å². The van der Waals surface area contributed by atoms with E-state index in [2.05, 4.69) is 54.1 Å². The van der Waals surface area contributed by atoms with E-state index >= 15 is 0 Å². The monoisotopic (exact) mass is 398 g/mol. The molecule has 2 N–H and O–H groups in total. The topological polar surface area (TPSA) is 80.6 Å². The second kappa shape index (κ2) is 6.62. The number of piperidine rings is 1. The van der Waals surface area contributed by atoms with E-state index in [0.29, 0.717) is 11.7 Å². The molecule has 1 saturated heterocycles. The van der Waals surface area contributed by atoms with Crippen LogP contribution in [0.1, 0.15) is 25.5 Å². The van der Waals surface area contributed by atoms with E-state index in [0.717, 1.165) is 64.6 Å². The molecule has 0 aliphatic carbocycles. The Kier molecular flexibility index (Phi) is 4.32. The van der Waals surface area contributed by atoms with Gasteiger partial charge in [0.05, 0.1) is 17.4 Å². The zero-order valence-electron chi connectivity index (χ0n) is 14.0. The Hall–Kier alpha value is -2.17. The summed E-state index contributed by atoms with van der Waals surface area (Å²) >= 11 is 3.49. The van der Waals surface area contributed by atoms with Crippen molar-refractivity contribution in [1.82, 2.24) is 19.9 Å². The van der Waals surface area contributed by atoms with Crippen molar-refractivity contribution >= 4 is 43.6 Å². The predicted molar refractivity (Wildman–Crippen MR) is 103 cm³/mol. The number of hydrogen-bond donors (Lipinski definition) is 2. The van der Waals surface area contributed by atoms with Crippen molar-refractivity contribution in [2.45, 2.75) is 25.8 Å². The molecule has 0 aromatic carbocycles. The van der Waals surface area contributed by atoms with Gasteiger partial charge in [-0.15, -0.1) is 0 Å². The third kappa shape index (κ3) is 2.96. The maximum absolute atomic E-state index is 9.56. The van der Waals surface area contributed by atoms with Crippen LogP contribution >= 0.6 is 15.9 Å². The first-order valence-corrected chi connectivity index (χ1v) is 9.33. The molecule has 0 unspecified atom stereocenters. The van der Waals surface area contributed by atoms with Crippen LogP contribution in [0.3, 0.4) is 0 Å². The zero-order chi connectivity index (χ0) is 17.4. The van der Waals surface area contributed by atoms with E-state index in [1.807, 2.05) is 6.07 Å². The Labute approximate surface area is 154 Å². The van der Waals surface area contributed by atoms with Crippen LogP contribution in [0, 0.1) is 11.3 Å². The molecule has 4 rings (SSSR count). The SMILES string of the molecule is CCN1CCC(Nc2c(C#N)ncc3[nH]c4ncc(Br)cc4c23)CC1. The Morgan fingerprint density at radius 1 is 1.36 bits per heavy atom. The Morgan fingerprint density at radius 3 is 2.88 bits per heavy atom. The number of likely N-dealkylation sites (tertiary alicyclic amines) is 1. The van der Waals surface area contributed by atoms with Gasteiger partial charge in [0.15, 0.2) is 5.69 Å². The van der Waals surface area contributed by atoms with Crippen LogP contribution in [0.25, 0.3) is 21.9 Å². The van der Waals surface area contributed by atoms with Gasteiger partial charge in [-0.25, -0.2) is 9.97 Å². The summed E-state index contributed by atoms with van der Waals surface area (Å²) in [5, 5.41) is 15.2. The molecule has 6 nitrogen and oxygen atoms in total. The van der Waals surface area contributed by atoms with Crippen molar-refractivity contribution in [3.8, 4) is 6.07 Å². The largest absolute Gasteiger partial charge is 0.379 e. The lowest BCUT2D eigenvalue weighted by Crippen LogP contribution is -2.39. The summed E-state index contributed by atoms with van der Waals surface area (Å²) < 4.78 is 0.915. The number of aromatic nitrogens is 3. The molecule has 3 aromatic rings. The van der Waals surface area contributed by atoms with Gasteiger partial charge in [0, 0.05) is 40.6 Å². The number of hydrogen-bond acceptors (Lipinski definition) is 5. The van der Waals surface area contributed by atoms with Gasteiger partial charge < -0.3 is 15.2 Å². The summed E-state index contributed by atoms with van der Waals surface area (Å²) in [6.45, 7) is 5.46. The molecule has 25 heavy (non-hydrogen) atoms. The summed E-state index contributed by atoms with van der Waals surface area (Å²) in [6.07, 6.45) is 5.62. The van der Waals surface area contributed by atoms with Crippen molar-refractivity contribution in [2.24, 2.45) is 0 Å². The summed E-state index contributed by atoms with van der Waals surface area (Å²) in [5.74, 6) is 0. The molecule has 0 saturated carbocycles. The highest BCUT2D eigenvalue weighted by Gasteiger charge is 2.22. The normalized spacial score (nSPS) is 16.4. The van der Waals surface area contributed by atoms with Crippen LogP contribution < -0.4 is 5.32 Å². The summed E-state index contributed by atoms with van der Waals surface area (Å²) in [4.78, 5) is 14.5. The average molecular weight is 399 g/mol. The lowest BCUT2D eigenvalue weighted by Gasteiger charge is -2.32. The van der Waals surface area contributed by atoms with E-state index < -0.39 is 0 Å². The van der Waals surface area contributed by atoms with E-state index in [1.165, 1.54) is 0 Å². The highest BCUT2D eigenvalue weighted by atomic mass is 79.9. The van der Waals surface area contributed by atoms with Crippen LogP contribution in [0.2, 0.25) is 0 Å². The van der Waals surface area contributed by atoms with Gasteiger partial charge >= 0.3 is 0 Å². The Morgan fingerprint density at radius 2 is 2.16 bits per heavy atom. The molecule has 0 bridgehead atoms. The van der Waals surface area contributed by atoms with Crippen molar-refractivity contribution in [3.05, 3.63) is 28.6 Å². The van der Waals surface area contributed by atoms with Crippen molar-refractivity contribution in [1.29, 1.82) is 5.26 Å². The van der Waals surface area contributed by atoms with E-state index in [9.17, 15) is 5.26 Å². The van der Waals surface area contributed by atoms with Gasteiger partial charge in [-0.1, -0.05) is 6.92 Å². The summed E-state index contributed by atoms with van der Waals surface area (Å²) in [6, 6.07) is 4.63. The lowest BCUT2D eigenvalue weighted by molar-refractivity contribution is 0.229. The van der Waals surface area contributed by atoms with Crippen LogP contribution in [0.15, 0.2) is 22.9 Å². The number of nitrogens with zero attached hydrogens (tertiary/aromatic N) is 4. The van der Waals surface area contributed by atoms with Crippen molar-refractivity contribution < 1.29 is 0 Å². The molecule has 0 amide bonds. The molecule has 1 fully saturated rings. The number of fused-ring (bicyclic) bond motifs is 3. The first-order valence-electron chi connectivity index (χ1n) is 8.54. The fourth-order valence-corrected chi connectivity index (χ4v) is 3.90. The molecule has 0 spiro atoms. The van der Waals surface area contributed by atoms with E-state index in [1.54, 1.807) is 12.4 Å². The first kappa shape index (κ1) is 16.3. The second-order valence-electron chi connectivity index (χ2n) is 6.41. The third-order valence-electron chi connectivity index (χ3n) is 4.94. The van der Waals surface area contributed by atoms with E-state index in [-0.39, 0.29) is 0 Å². The Bertz CT molecular complexity index is 965. The molecule has 0 radical (unpaired) electrons. The minimum Gasteiger partial charge on any atom is -0.379 e. The number of halogens is 1. The Balaban J connectivity index is 1.79. The number of anilines is 1. The molecule has 128 valence electrons. The highest BCUT2D eigenvalue weighted by Crippen LogP contribution is 2.34. The average Bonchev–Trinajstić information content (AvgIpc) is 3.00. The molecule has 0 atom stereocenters. The van der Waals surface area contributed by atoms with Gasteiger partial charge in [-0.05, 0) is 41.4 Å². The lowest BCUT2D eigenvalue weighted by atomic mass is 10.0. The molecule has 7 heteroatoms. The van der Waals surface area contributed by atoms with Crippen molar-refractivity contribution in [3.63, 3.8) is 0 Å². The van der Waals surface area contributed by atoms with Crippen LogP contribution in [0.5, 0.6) is 0 Å². The minimum atomic E-state index is 0.354.